The number of hydrogen-bond acceptors (Lipinski definition) is 3. The smallest absolute Gasteiger partial charge is 0.327 e. The van der Waals surface area contributed by atoms with Gasteiger partial charge in [-0.2, -0.15) is 0 Å². The summed E-state index contributed by atoms with van der Waals surface area (Å²) in [6, 6.07) is -0.835. The van der Waals surface area contributed by atoms with Crippen LogP contribution in [0.25, 0.3) is 0 Å². The number of rotatable bonds is 6. The van der Waals surface area contributed by atoms with Crippen LogP contribution in [0.4, 0.5) is 4.79 Å². The van der Waals surface area contributed by atoms with Gasteiger partial charge < -0.3 is 15.3 Å². The summed E-state index contributed by atoms with van der Waals surface area (Å²) in [5.74, 6) is 0.0195. The molecule has 1 saturated heterocycles. The summed E-state index contributed by atoms with van der Waals surface area (Å²) in [5, 5.41) is 11.9. The average Bonchev–Trinajstić information content (AvgIpc) is 2.78. The lowest BCUT2D eigenvalue weighted by Crippen LogP contribution is -2.49. The minimum absolute atomic E-state index is 0.101. The molecular weight excluding hydrogens is 252 g/mol. The van der Waals surface area contributed by atoms with E-state index in [0.29, 0.717) is 11.6 Å². The zero-order valence-corrected chi connectivity index (χ0v) is 11.8. The van der Waals surface area contributed by atoms with E-state index in [1.165, 1.54) is 16.7 Å². The van der Waals surface area contributed by atoms with Gasteiger partial charge in [0.15, 0.2) is 0 Å². The topological polar surface area (TPSA) is 69.6 Å². The number of nitrogens with zero attached hydrogens (tertiary/aromatic N) is 1. The Hall–Kier alpha value is -0.910. The van der Waals surface area contributed by atoms with Crippen molar-refractivity contribution in [2.24, 2.45) is 0 Å². The van der Waals surface area contributed by atoms with Crippen molar-refractivity contribution in [1.29, 1.82) is 0 Å². The van der Waals surface area contributed by atoms with Crippen molar-refractivity contribution in [1.82, 2.24) is 10.2 Å². The SMILES string of the molecule is CCCCCC(C)NC(=O)N1CSCC1C(=O)O. The average molecular weight is 274 g/mol. The minimum Gasteiger partial charge on any atom is -0.480 e. The van der Waals surface area contributed by atoms with Gasteiger partial charge in [-0.3, -0.25) is 0 Å². The fourth-order valence-corrected chi connectivity index (χ4v) is 3.06. The molecule has 2 amide bonds. The summed E-state index contributed by atoms with van der Waals surface area (Å²) < 4.78 is 0. The molecule has 2 atom stereocenters. The van der Waals surface area contributed by atoms with Crippen molar-refractivity contribution in [3.63, 3.8) is 0 Å². The standard InChI is InChI=1S/C12H22N2O3S/c1-3-4-5-6-9(2)13-12(17)14-8-18-7-10(14)11(15)16/h9-10H,3-8H2,1-2H3,(H,13,17)(H,15,16). The molecule has 0 radical (unpaired) electrons. The quantitative estimate of drug-likeness (QED) is 0.728. The largest absolute Gasteiger partial charge is 0.480 e. The van der Waals surface area contributed by atoms with E-state index < -0.39 is 12.0 Å². The van der Waals surface area contributed by atoms with Crippen LogP contribution in [0.15, 0.2) is 0 Å². The molecule has 1 aliphatic heterocycles. The number of thioether (sulfide) groups is 1. The highest BCUT2D eigenvalue weighted by molar-refractivity contribution is 7.99. The van der Waals surface area contributed by atoms with E-state index in [1.54, 1.807) is 0 Å². The zero-order chi connectivity index (χ0) is 13.5. The molecule has 0 aromatic carbocycles. The van der Waals surface area contributed by atoms with Crippen molar-refractivity contribution < 1.29 is 14.7 Å². The van der Waals surface area contributed by atoms with Crippen molar-refractivity contribution in [2.45, 2.75) is 51.6 Å². The number of carbonyl (C=O) groups excluding carboxylic acids is 1. The molecule has 1 rings (SSSR count). The number of nitrogens with one attached hydrogen (secondary N) is 1. The molecule has 1 fully saturated rings. The van der Waals surface area contributed by atoms with Gasteiger partial charge in [-0.15, -0.1) is 11.8 Å². The van der Waals surface area contributed by atoms with Gasteiger partial charge in [-0.05, 0) is 13.3 Å². The highest BCUT2D eigenvalue weighted by atomic mass is 32.2. The van der Waals surface area contributed by atoms with Gasteiger partial charge in [0.1, 0.15) is 6.04 Å². The maximum absolute atomic E-state index is 11.9. The van der Waals surface area contributed by atoms with Crippen LogP contribution in [0.2, 0.25) is 0 Å². The van der Waals surface area contributed by atoms with Crippen LogP contribution in [-0.2, 0) is 4.79 Å². The number of hydrogen-bond donors (Lipinski definition) is 2. The molecule has 0 aliphatic carbocycles. The van der Waals surface area contributed by atoms with Crippen LogP contribution < -0.4 is 5.32 Å². The van der Waals surface area contributed by atoms with Gasteiger partial charge in [0.25, 0.3) is 0 Å². The summed E-state index contributed by atoms with van der Waals surface area (Å²) in [5.41, 5.74) is 0. The van der Waals surface area contributed by atoms with Crippen LogP contribution >= 0.6 is 11.8 Å². The van der Waals surface area contributed by atoms with Gasteiger partial charge in [-0.25, -0.2) is 9.59 Å². The van der Waals surface area contributed by atoms with Crippen molar-refractivity contribution >= 4 is 23.8 Å². The first-order valence-corrected chi connectivity index (χ1v) is 7.59. The monoisotopic (exact) mass is 274 g/mol. The molecule has 0 saturated carbocycles. The zero-order valence-electron chi connectivity index (χ0n) is 11.0. The number of aliphatic carboxylic acids is 1. The molecule has 0 aromatic heterocycles. The van der Waals surface area contributed by atoms with Crippen LogP contribution in [0, 0.1) is 0 Å². The van der Waals surface area contributed by atoms with Gasteiger partial charge >= 0.3 is 12.0 Å². The Morgan fingerprint density at radius 1 is 1.50 bits per heavy atom. The number of amides is 2. The molecule has 5 nitrogen and oxygen atoms in total. The molecule has 2 N–H and O–H groups in total. The second-order valence-corrected chi connectivity index (χ2v) is 5.67. The van der Waals surface area contributed by atoms with Crippen LogP contribution in [0.1, 0.15) is 39.5 Å². The van der Waals surface area contributed by atoms with E-state index in [0.717, 1.165) is 25.7 Å². The highest BCUT2D eigenvalue weighted by Crippen LogP contribution is 2.21. The van der Waals surface area contributed by atoms with E-state index in [1.807, 2.05) is 6.92 Å². The fourth-order valence-electron chi connectivity index (χ4n) is 1.91. The molecule has 1 aliphatic rings. The Balaban J connectivity index is 2.37. The Kier molecular flexibility index (Phi) is 6.32. The van der Waals surface area contributed by atoms with Gasteiger partial charge in [-0.1, -0.05) is 26.2 Å². The van der Waals surface area contributed by atoms with Crippen molar-refractivity contribution in [3.05, 3.63) is 0 Å². The summed E-state index contributed by atoms with van der Waals surface area (Å²) >= 11 is 1.48. The Morgan fingerprint density at radius 3 is 2.83 bits per heavy atom. The van der Waals surface area contributed by atoms with Crippen molar-refractivity contribution in [2.75, 3.05) is 11.6 Å². The molecule has 0 aromatic rings. The molecule has 18 heavy (non-hydrogen) atoms. The van der Waals surface area contributed by atoms with E-state index in [-0.39, 0.29) is 12.1 Å². The summed E-state index contributed by atoms with van der Waals surface area (Å²) in [7, 11) is 0. The molecular formula is C12H22N2O3S. The number of carbonyl (C=O) groups is 2. The van der Waals surface area contributed by atoms with E-state index in [2.05, 4.69) is 12.2 Å². The number of carboxylic acids is 1. The number of unbranched alkanes of at least 4 members (excludes halogenated alkanes) is 2. The van der Waals surface area contributed by atoms with E-state index in [4.69, 9.17) is 5.11 Å². The molecule has 2 unspecified atom stereocenters. The third-order valence-electron chi connectivity index (χ3n) is 3.04. The summed E-state index contributed by atoms with van der Waals surface area (Å²) in [6.07, 6.45) is 4.36. The van der Waals surface area contributed by atoms with Crippen LogP contribution in [0.3, 0.4) is 0 Å². The minimum atomic E-state index is -0.922. The lowest BCUT2D eigenvalue weighted by molar-refractivity contribution is -0.140. The van der Waals surface area contributed by atoms with Gasteiger partial charge in [0.2, 0.25) is 0 Å². The highest BCUT2D eigenvalue weighted by Gasteiger charge is 2.34. The maximum Gasteiger partial charge on any atom is 0.327 e. The Bertz CT molecular complexity index is 299. The van der Waals surface area contributed by atoms with Crippen LogP contribution in [-0.4, -0.2) is 45.7 Å². The predicted octanol–water partition coefficient (Wildman–Crippen LogP) is 2.12. The number of urea groups is 1. The first kappa shape index (κ1) is 15.1. The molecule has 0 spiro atoms. The lowest BCUT2D eigenvalue weighted by atomic mass is 10.1. The molecule has 1 heterocycles. The third kappa shape index (κ3) is 4.40. The Morgan fingerprint density at radius 2 is 2.22 bits per heavy atom. The normalized spacial score (nSPS) is 20.8. The first-order valence-electron chi connectivity index (χ1n) is 6.44. The lowest BCUT2D eigenvalue weighted by Gasteiger charge is -2.23. The second kappa shape index (κ2) is 7.51. The fraction of sp³-hybridized carbons (Fsp3) is 0.833. The molecule has 104 valence electrons. The number of carboxylic acid groups (broad SMARTS) is 1. The van der Waals surface area contributed by atoms with Gasteiger partial charge in [0.05, 0.1) is 5.88 Å². The van der Waals surface area contributed by atoms with E-state index >= 15 is 0 Å². The molecule has 6 heteroatoms. The summed E-state index contributed by atoms with van der Waals surface area (Å²) in [6.45, 7) is 4.11. The van der Waals surface area contributed by atoms with Crippen LogP contribution in [0.5, 0.6) is 0 Å². The third-order valence-corrected chi connectivity index (χ3v) is 4.05. The Labute approximate surface area is 112 Å². The van der Waals surface area contributed by atoms with Crippen molar-refractivity contribution in [3.8, 4) is 0 Å². The maximum atomic E-state index is 11.9. The summed E-state index contributed by atoms with van der Waals surface area (Å²) in [4.78, 5) is 24.3. The predicted molar refractivity (Wildman–Crippen MR) is 72.7 cm³/mol. The van der Waals surface area contributed by atoms with E-state index in [9.17, 15) is 9.59 Å². The second-order valence-electron chi connectivity index (χ2n) is 4.67. The first-order chi connectivity index (χ1) is 8.56. The van der Waals surface area contributed by atoms with Gasteiger partial charge in [0, 0.05) is 11.8 Å². The molecule has 0 bridgehead atoms.